The summed E-state index contributed by atoms with van der Waals surface area (Å²) in [4.78, 5) is 8.70. The van der Waals surface area contributed by atoms with E-state index >= 15 is 0 Å². The number of aromatic amines is 1. The molecule has 0 saturated heterocycles. The van der Waals surface area contributed by atoms with Crippen LogP contribution < -0.4 is 10.6 Å². The first kappa shape index (κ1) is 18.1. The van der Waals surface area contributed by atoms with Gasteiger partial charge in [0.05, 0.1) is 18.5 Å². The molecule has 2 heterocycles. The minimum absolute atomic E-state index is 0.151. The standard InChI is InChI=1S/C18H25N7O/c1-18(2)7-14(3-4-15(18)26)24-16-13(8-19)11-21-17(25-16)20-6-5-12-9-22-23-10-12/h9-11,14-15,26H,3-7H2,1-2H3,(H,22,23)(H2,20,21,24,25)/t14-,15+/m1/s1. The Bertz CT molecular complexity index is 766. The summed E-state index contributed by atoms with van der Waals surface area (Å²) in [6.45, 7) is 4.81. The number of aromatic nitrogens is 4. The Hall–Kier alpha value is -2.66. The quantitative estimate of drug-likeness (QED) is 0.625. The molecule has 8 nitrogen and oxygen atoms in total. The molecular weight excluding hydrogens is 330 g/mol. The molecule has 2 aromatic heterocycles. The van der Waals surface area contributed by atoms with Crippen molar-refractivity contribution in [2.24, 2.45) is 5.41 Å². The number of aliphatic hydroxyl groups is 1. The van der Waals surface area contributed by atoms with E-state index < -0.39 is 0 Å². The topological polar surface area (TPSA) is 123 Å². The van der Waals surface area contributed by atoms with Gasteiger partial charge in [-0.15, -0.1) is 0 Å². The number of aliphatic hydroxyl groups excluding tert-OH is 1. The summed E-state index contributed by atoms with van der Waals surface area (Å²) in [5.74, 6) is 1.04. The van der Waals surface area contributed by atoms with Crippen molar-refractivity contribution < 1.29 is 5.11 Å². The smallest absolute Gasteiger partial charge is 0.224 e. The first-order chi connectivity index (χ1) is 12.5. The van der Waals surface area contributed by atoms with E-state index in [-0.39, 0.29) is 17.6 Å². The Balaban J connectivity index is 1.65. The first-order valence-electron chi connectivity index (χ1n) is 8.91. The maximum atomic E-state index is 10.1. The van der Waals surface area contributed by atoms with Crippen LogP contribution in [-0.4, -0.2) is 44.0 Å². The predicted octanol–water partition coefficient (Wildman–Crippen LogP) is 2.08. The summed E-state index contributed by atoms with van der Waals surface area (Å²) >= 11 is 0. The second-order valence-corrected chi connectivity index (χ2v) is 7.48. The van der Waals surface area contributed by atoms with E-state index in [4.69, 9.17) is 0 Å². The van der Waals surface area contributed by atoms with E-state index in [0.29, 0.717) is 23.9 Å². The fourth-order valence-corrected chi connectivity index (χ4v) is 3.33. The maximum absolute atomic E-state index is 10.1. The van der Waals surface area contributed by atoms with Crippen LogP contribution in [0, 0.1) is 16.7 Å². The largest absolute Gasteiger partial charge is 0.393 e. The normalized spacial score (nSPS) is 21.8. The fraction of sp³-hybridized carbons (Fsp3) is 0.556. The number of hydrogen-bond donors (Lipinski definition) is 4. The molecule has 0 unspecified atom stereocenters. The van der Waals surface area contributed by atoms with E-state index in [1.54, 1.807) is 12.4 Å². The monoisotopic (exact) mass is 355 g/mol. The highest BCUT2D eigenvalue weighted by Gasteiger charge is 2.35. The lowest BCUT2D eigenvalue weighted by Crippen LogP contribution is -2.41. The van der Waals surface area contributed by atoms with Crippen LogP contribution in [0.15, 0.2) is 18.6 Å². The average Bonchev–Trinajstić information content (AvgIpc) is 3.12. The molecule has 3 rings (SSSR count). The van der Waals surface area contributed by atoms with Crippen LogP contribution in [-0.2, 0) is 6.42 Å². The average molecular weight is 355 g/mol. The van der Waals surface area contributed by atoms with Gasteiger partial charge in [0.2, 0.25) is 5.95 Å². The van der Waals surface area contributed by atoms with Gasteiger partial charge in [-0.25, -0.2) is 4.98 Å². The van der Waals surface area contributed by atoms with Gasteiger partial charge in [-0.2, -0.15) is 15.3 Å². The fourth-order valence-electron chi connectivity index (χ4n) is 3.33. The number of H-pyrrole nitrogens is 1. The van der Waals surface area contributed by atoms with E-state index in [9.17, 15) is 10.4 Å². The summed E-state index contributed by atoms with van der Waals surface area (Å²) in [7, 11) is 0. The number of nitrogens with one attached hydrogen (secondary N) is 3. The molecule has 1 aliphatic carbocycles. The second kappa shape index (κ2) is 7.70. The van der Waals surface area contributed by atoms with Crippen LogP contribution in [0.2, 0.25) is 0 Å². The third-order valence-electron chi connectivity index (χ3n) is 4.96. The lowest BCUT2D eigenvalue weighted by atomic mass is 9.73. The molecule has 2 atom stereocenters. The van der Waals surface area contributed by atoms with Crippen LogP contribution in [0.5, 0.6) is 0 Å². The van der Waals surface area contributed by atoms with Crippen molar-refractivity contribution in [1.29, 1.82) is 5.26 Å². The van der Waals surface area contributed by atoms with Crippen LogP contribution >= 0.6 is 0 Å². The molecule has 138 valence electrons. The van der Waals surface area contributed by atoms with Gasteiger partial charge in [0, 0.05) is 18.8 Å². The van der Waals surface area contributed by atoms with Gasteiger partial charge >= 0.3 is 0 Å². The summed E-state index contributed by atoms with van der Waals surface area (Å²) in [6.07, 6.45) is 8.11. The highest BCUT2D eigenvalue weighted by Crippen LogP contribution is 2.36. The molecule has 0 aliphatic heterocycles. The second-order valence-electron chi connectivity index (χ2n) is 7.48. The minimum atomic E-state index is -0.290. The SMILES string of the molecule is CC1(C)C[C@H](Nc2nc(NCCc3cn[nH]c3)ncc2C#N)CC[C@@H]1O. The summed E-state index contributed by atoms with van der Waals surface area (Å²) in [6, 6.07) is 2.32. The molecule has 26 heavy (non-hydrogen) atoms. The van der Waals surface area contributed by atoms with Crippen LogP contribution in [0.3, 0.4) is 0 Å². The van der Waals surface area contributed by atoms with E-state index in [2.05, 4.69) is 50.7 Å². The summed E-state index contributed by atoms with van der Waals surface area (Å²) in [5.41, 5.74) is 1.38. The van der Waals surface area contributed by atoms with Gasteiger partial charge in [0.1, 0.15) is 17.5 Å². The number of nitriles is 1. The van der Waals surface area contributed by atoms with E-state index in [1.165, 1.54) is 0 Å². The van der Waals surface area contributed by atoms with Gasteiger partial charge < -0.3 is 15.7 Å². The first-order valence-corrected chi connectivity index (χ1v) is 8.91. The molecule has 0 spiro atoms. The molecule has 2 aromatic rings. The summed E-state index contributed by atoms with van der Waals surface area (Å²) < 4.78 is 0. The number of nitrogens with zero attached hydrogens (tertiary/aromatic N) is 4. The lowest BCUT2D eigenvalue weighted by molar-refractivity contribution is 0.00926. The maximum Gasteiger partial charge on any atom is 0.224 e. The summed E-state index contributed by atoms with van der Waals surface area (Å²) in [5, 5.41) is 32.7. The zero-order valence-corrected chi connectivity index (χ0v) is 15.2. The Morgan fingerprint density at radius 2 is 2.23 bits per heavy atom. The minimum Gasteiger partial charge on any atom is -0.393 e. The lowest BCUT2D eigenvalue weighted by Gasteiger charge is -2.40. The zero-order valence-electron chi connectivity index (χ0n) is 15.2. The number of anilines is 2. The Labute approximate surface area is 153 Å². The molecule has 8 heteroatoms. The molecule has 4 N–H and O–H groups in total. The van der Waals surface area contributed by atoms with Crippen molar-refractivity contribution in [3.63, 3.8) is 0 Å². The molecule has 1 fully saturated rings. The van der Waals surface area contributed by atoms with Crippen molar-refractivity contribution in [2.75, 3.05) is 17.2 Å². The predicted molar refractivity (Wildman–Crippen MR) is 98.6 cm³/mol. The molecule has 1 saturated carbocycles. The van der Waals surface area contributed by atoms with Crippen molar-refractivity contribution in [3.8, 4) is 6.07 Å². The molecule has 0 aromatic carbocycles. The van der Waals surface area contributed by atoms with Crippen LogP contribution in [0.1, 0.15) is 44.2 Å². The third kappa shape index (κ3) is 4.29. The number of rotatable bonds is 6. The van der Waals surface area contributed by atoms with Gasteiger partial charge in [0.25, 0.3) is 0 Å². The van der Waals surface area contributed by atoms with Crippen molar-refractivity contribution >= 4 is 11.8 Å². The number of hydrogen-bond acceptors (Lipinski definition) is 7. The Kier molecular flexibility index (Phi) is 5.38. The van der Waals surface area contributed by atoms with Gasteiger partial charge in [-0.1, -0.05) is 13.8 Å². The Morgan fingerprint density at radius 1 is 1.38 bits per heavy atom. The van der Waals surface area contributed by atoms with Crippen molar-refractivity contribution in [1.82, 2.24) is 20.2 Å². The molecule has 0 radical (unpaired) electrons. The van der Waals surface area contributed by atoms with E-state index in [1.807, 2.05) is 6.20 Å². The third-order valence-corrected chi connectivity index (χ3v) is 4.96. The molecule has 1 aliphatic rings. The van der Waals surface area contributed by atoms with Crippen molar-refractivity contribution in [3.05, 3.63) is 29.7 Å². The highest BCUT2D eigenvalue weighted by molar-refractivity contribution is 5.54. The van der Waals surface area contributed by atoms with Gasteiger partial charge in [-0.3, -0.25) is 5.10 Å². The van der Waals surface area contributed by atoms with Gasteiger partial charge in [0.15, 0.2) is 0 Å². The van der Waals surface area contributed by atoms with E-state index in [0.717, 1.165) is 31.2 Å². The van der Waals surface area contributed by atoms with Gasteiger partial charge in [-0.05, 0) is 36.7 Å². The Morgan fingerprint density at radius 3 is 2.92 bits per heavy atom. The molecular formula is C18H25N7O. The van der Waals surface area contributed by atoms with Crippen molar-refractivity contribution in [2.45, 2.75) is 51.7 Å². The van der Waals surface area contributed by atoms with Crippen LogP contribution in [0.4, 0.5) is 11.8 Å². The molecule has 0 bridgehead atoms. The van der Waals surface area contributed by atoms with Crippen LogP contribution in [0.25, 0.3) is 0 Å². The highest BCUT2D eigenvalue weighted by atomic mass is 16.3. The zero-order chi connectivity index (χ0) is 18.6. The molecule has 0 amide bonds.